The van der Waals surface area contributed by atoms with Gasteiger partial charge in [-0.25, -0.2) is 8.42 Å². The van der Waals surface area contributed by atoms with Crippen LogP contribution in [0.15, 0.2) is 53.4 Å². The highest BCUT2D eigenvalue weighted by molar-refractivity contribution is 7.90. The highest BCUT2D eigenvalue weighted by atomic mass is 32.2. The third-order valence-corrected chi connectivity index (χ3v) is 7.25. The molecule has 0 saturated carbocycles. The molecule has 0 spiro atoms. The summed E-state index contributed by atoms with van der Waals surface area (Å²) in [5.41, 5.74) is 3.85. The smallest absolute Gasteiger partial charge is 0.175 e. The molecule has 2 aromatic rings. The fraction of sp³-hybridized carbons (Fsp3) is 0.520. The molecule has 30 heavy (non-hydrogen) atoms. The van der Waals surface area contributed by atoms with Gasteiger partial charge in [-0.05, 0) is 92.5 Å². The molecular weight excluding hydrogens is 392 g/mol. The van der Waals surface area contributed by atoms with Crippen LogP contribution in [-0.4, -0.2) is 45.8 Å². The molecule has 1 fully saturated rings. The van der Waals surface area contributed by atoms with Gasteiger partial charge in [-0.3, -0.25) is 0 Å². The first kappa shape index (κ1) is 22.8. The van der Waals surface area contributed by atoms with Gasteiger partial charge in [0.2, 0.25) is 0 Å². The first-order valence-corrected chi connectivity index (χ1v) is 13.1. The maximum absolute atomic E-state index is 11.6. The molecule has 0 aliphatic carbocycles. The van der Waals surface area contributed by atoms with Crippen molar-refractivity contribution in [1.82, 2.24) is 4.90 Å². The quantitative estimate of drug-likeness (QED) is 0.573. The normalized spacial score (nSPS) is 16.1. The van der Waals surface area contributed by atoms with E-state index in [2.05, 4.69) is 48.3 Å². The van der Waals surface area contributed by atoms with Crippen LogP contribution >= 0.6 is 0 Å². The maximum Gasteiger partial charge on any atom is 0.175 e. The Hall–Kier alpha value is -1.85. The van der Waals surface area contributed by atoms with Gasteiger partial charge in [0.15, 0.2) is 9.84 Å². The predicted octanol–water partition coefficient (Wildman–Crippen LogP) is 4.97. The second-order valence-electron chi connectivity index (χ2n) is 8.97. The molecule has 1 heterocycles. The average Bonchev–Trinajstić information content (AvgIpc) is 2.72. The molecular formula is C25H36N2O2S. The Balaban J connectivity index is 1.35. The Bertz CT molecular complexity index is 899. The Morgan fingerprint density at radius 3 is 2.40 bits per heavy atom. The Labute approximate surface area is 182 Å². The van der Waals surface area contributed by atoms with Crippen LogP contribution in [0.2, 0.25) is 0 Å². The third-order valence-electron chi connectivity index (χ3n) is 6.12. The predicted molar refractivity (Wildman–Crippen MR) is 126 cm³/mol. The van der Waals surface area contributed by atoms with Crippen molar-refractivity contribution in [3.8, 4) is 0 Å². The van der Waals surface area contributed by atoms with Gasteiger partial charge >= 0.3 is 0 Å². The number of rotatable bonds is 9. The van der Waals surface area contributed by atoms with Gasteiger partial charge in [0.1, 0.15) is 0 Å². The van der Waals surface area contributed by atoms with E-state index in [1.807, 2.05) is 12.1 Å². The van der Waals surface area contributed by atoms with Crippen LogP contribution in [0, 0.1) is 5.92 Å². The van der Waals surface area contributed by atoms with E-state index in [1.54, 1.807) is 12.1 Å². The molecule has 1 saturated heterocycles. The van der Waals surface area contributed by atoms with Crippen LogP contribution in [0.25, 0.3) is 0 Å². The summed E-state index contributed by atoms with van der Waals surface area (Å²) >= 11 is 0. The molecule has 0 radical (unpaired) electrons. The summed E-state index contributed by atoms with van der Waals surface area (Å²) in [7, 11) is -3.11. The summed E-state index contributed by atoms with van der Waals surface area (Å²) in [4.78, 5) is 2.99. The maximum atomic E-state index is 11.6. The summed E-state index contributed by atoms with van der Waals surface area (Å²) in [5, 5.41) is 3.57. The zero-order valence-corrected chi connectivity index (χ0v) is 19.4. The second-order valence-corrected chi connectivity index (χ2v) is 11.0. The molecule has 164 valence electrons. The Morgan fingerprint density at radius 1 is 1.07 bits per heavy atom. The van der Waals surface area contributed by atoms with E-state index in [1.165, 1.54) is 35.9 Å². The van der Waals surface area contributed by atoms with Crippen molar-refractivity contribution in [3.63, 3.8) is 0 Å². The lowest BCUT2D eigenvalue weighted by Gasteiger charge is -2.32. The van der Waals surface area contributed by atoms with E-state index in [4.69, 9.17) is 0 Å². The number of benzene rings is 2. The van der Waals surface area contributed by atoms with E-state index >= 15 is 0 Å². The molecule has 1 N–H and O–H groups in total. The van der Waals surface area contributed by atoms with Gasteiger partial charge in [0, 0.05) is 18.5 Å². The minimum absolute atomic E-state index is 0.408. The number of nitrogens with one attached hydrogen (secondary N) is 1. The van der Waals surface area contributed by atoms with Crippen molar-refractivity contribution in [2.45, 2.75) is 50.3 Å². The largest absolute Gasteiger partial charge is 0.385 e. The number of hydrogen-bond acceptors (Lipinski definition) is 4. The van der Waals surface area contributed by atoms with Crippen LogP contribution in [0.3, 0.4) is 0 Å². The summed E-state index contributed by atoms with van der Waals surface area (Å²) in [5.74, 6) is 1.26. The van der Waals surface area contributed by atoms with Crippen LogP contribution in [0.4, 0.5) is 5.69 Å². The molecule has 3 rings (SSSR count). The van der Waals surface area contributed by atoms with Crippen molar-refractivity contribution in [2.24, 2.45) is 5.92 Å². The molecule has 0 amide bonds. The molecule has 4 nitrogen and oxygen atoms in total. The lowest BCUT2D eigenvalue weighted by atomic mass is 9.90. The highest BCUT2D eigenvalue weighted by Crippen LogP contribution is 2.23. The van der Waals surface area contributed by atoms with Gasteiger partial charge < -0.3 is 10.2 Å². The van der Waals surface area contributed by atoms with Crippen LogP contribution in [-0.2, 0) is 16.3 Å². The van der Waals surface area contributed by atoms with Crippen molar-refractivity contribution in [1.29, 1.82) is 0 Å². The summed E-state index contributed by atoms with van der Waals surface area (Å²) < 4.78 is 23.2. The lowest BCUT2D eigenvalue weighted by Crippen LogP contribution is -2.35. The highest BCUT2D eigenvalue weighted by Gasteiger charge is 2.19. The summed E-state index contributed by atoms with van der Waals surface area (Å²) in [6.07, 6.45) is 5.90. The second kappa shape index (κ2) is 10.5. The first-order chi connectivity index (χ1) is 14.3. The Kier molecular flexibility index (Phi) is 7.95. The van der Waals surface area contributed by atoms with Gasteiger partial charge in [0.25, 0.3) is 0 Å². The molecule has 0 bridgehead atoms. The van der Waals surface area contributed by atoms with E-state index < -0.39 is 9.84 Å². The third kappa shape index (κ3) is 6.85. The van der Waals surface area contributed by atoms with Crippen LogP contribution < -0.4 is 5.32 Å². The number of likely N-dealkylation sites (tertiary alicyclic amines) is 1. The molecule has 0 unspecified atom stereocenters. The molecule has 1 aliphatic heterocycles. The lowest BCUT2D eigenvalue weighted by molar-refractivity contribution is 0.183. The van der Waals surface area contributed by atoms with E-state index in [-0.39, 0.29) is 0 Å². The van der Waals surface area contributed by atoms with Crippen LogP contribution in [0.1, 0.15) is 50.2 Å². The van der Waals surface area contributed by atoms with Gasteiger partial charge in [-0.1, -0.05) is 38.1 Å². The molecule has 2 aromatic carbocycles. The molecule has 0 aromatic heterocycles. The molecule has 0 atom stereocenters. The zero-order chi connectivity index (χ0) is 21.6. The summed E-state index contributed by atoms with van der Waals surface area (Å²) in [6, 6.07) is 16.2. The molecule has 5 heteroatoms. The van der Waals surface area contributed by atoms with Crippen LogP contribution in [0.5, 0.6) is 0 Å². The van der Waals surface area contributed by atoms with E-state index in [0.717, 1.165) is 39.0 Å². The number of piperidine rings is 1. The zero-order valence-electron chi connectivity index (χ0n) is 18.6. The molecule has 1 aliphatic rings. The van der Waals surface area contributed by atoms with Crippen molar-refractivity contribution in [2.75, 3.05) is 37.8 Å². The van der Waals surface area contributed by atoms with Gasteiger partial charge in [0.05, 0.1) is 4.90 Å². The van der Waals surface area contributed by atoms with E-state index in [9.17, 15) is 8.42 Å². The SMILES string of the molecule is CC(C)c1cccc(NCCCN2CCC(Cc3ccc(S(C)(=O)=O)cc3)CC2)c1. The first-order valence-electron chi connectivity index (χ1n) is 11.2. The average molecular weight is 429 g/mol. The van der Waals surface area contributed by atoms with Crippen molar-refractivity contribution < 1.29 is 8.42 Å². The minimum atomic E-state index is -3.11. The van der Waals surface area contributed by atoms with Crippen molar-refractivity contribution in [3.05, 3.63) is 59.7 Å². The fourth-order valence-corrected chi connectivity index (χ4v) is 4.79. The van der Waals surface area contributed by atoms with E-state index in [0.29, 0.717) is 16.7 Å². The van der Waals surface area contributed by atoms with Gasteiger partial charge in [-0.2, -0.15) is 0 Å². The Morgan fingerprint density at radius 2 is 1.77 bits per heavy atom. The topological polar surface area (TPSA) is 49.4 Å². The monoisotopic (exact) mass is 428 g/mol. The summed E-state index contributed by atoms with van der Waals surface area (Å²) in [6.45, 7) is 8.94. The number of hydrogen-bond donors (Lipinski definition) is 1. The van der Waals surface area contributed by atoms with Crippen molar-refractivity contribution >= 4 is 15.5 Å². The number of anilines is 1. The van der Waals surface area contributed by atoms with Gasteiger partial charge in [-0.15, -0.1) is 0 Å². The fourth-order valence-electron chi connectivity index (χ4n) is 4.16. The standard InChI is InChI=1S/C25H36N2O2S/c1-20(2)23-6-4-7-24(19-23)26-14-5-15-27-16-12-22(13-17-27)18-21-8-10-25(11-9-21)30(3,28)29/h4,6-11,19-20,22,26H,5,12-18H2,1-3H3. The number of nitrogens with zero attached hydrogens (tertiary/aromatic N) is 1. The number of sulfone groups is 1. The minimum Gasteiger partial charge on any atom is -0.385 e.